The fraction of sp³-hybridized carbons (Fsp3) is 0.273. The standard InChI is InChI=1S/C22H21N5O2/c1-15-25-20(14-23)22(29-15)27-11-7-17(8-12-27)21(28)26-19-4-2-3-18(13-19)16-5-9-24-10-6-16/h2-6,9-10,13,17H,7-8,11-12H2,1H3,(H,26,28). The summed E-state index contributed by atoms with van der Waals surface area (Å²) in [5, 5.41) is 12.2. The number of piperidine rings is 1. The molecule has 1 aliphatic rings. The van der Waals surface area contributed by atoms with Gasteiger partial charge in [-0.2, -0.15) is 5.26 Å². The van der Waals surface area contributed by atoms with E-state index < -0.39 is 0 Å². The fourth-order valence-electron chi connectivity index (χ4n) is 3.61. The van der Waals surface area contributed by atoms with Crippen molar-refractivity contribution in [3.63, 3.8) is 0 Å². The highest BCUT2D eigenvalue weighted by Gasteiger charge is 2.28. The number of aryl methyl sites for hydroxylation is 1. The van der Waals surface area contributed by atoms with Gasteiger partial charge in [-0.15, -0.1) is 0 Å². The Hall–Kier alpha value is -3.66. The average molecular weight is 387 g/mol. The number of rotatable bonds is 4. The first-order valence-corrected chi connectivity index (χ1v) is 9.58. The zero-order valence-corrected chi connectivity index (χ0v) is 16.1. The van der Waals surface area contributed by atoms with Crippen LogP contribution in [0.3, 0.4) is 0 Å². The van der Waals surface area contributed by atoms with E-state index in [4.69, 9.17) is 4.42 Å². The number of anilines is 2. The third-order valence-electron chi connectivity index (χ3n) is 5.12. The minimum Gasteiger partial charge on any atom is -0.424 e. The zero-order chi connectivity index (χ0) is 20.2. The van der Waals surface area contributed by atoms with E-state index in [9.17, 15) is 10.1 Å². The molecule has 1 saturated heterocycles. The molecule has 1 N–H and O–H groups in total. The molecule has 1 fully saturated rings. The maximum atomic E-state index is 12.8. The summed E-state index contributed by atoms with van der Waals surface area (Å²) in [5.41, 5.74) is 3.17. The number of nitriles is 1. The number of hydrogen-bond donors (Lipinski definition) is 1. The first-order chi connectivity index (χ1) is 14.1. The molecule has 1 amide bonds. The van der Waals surface area contributed by atoms with Gasteiger partial charge in [-0.25, -0.2) is 4.98 Å². The monoisotopic (exact) mass is 387 g/mol. The molecule has 0 unspecified atom stereocenters. The van der Waals surface area contributed by atoms with E-state index in [1.165, 1.54) is 0 Å². The number of carbonyl (C=O) groups is 1. The number of benzene rings is 1. The zero-order valence-electron chi connectivity index (χ0n) is 16.1. The maximum Gasteiger partial charge on any atom is 0.234 e. The summed E-state index contributed by atoms with van der Waals surface area (Å²) in [5.74, 6) is 0.926. The summed E-state index contributed by atoms with van der Waals surface area (Å²) in [6.07, 6.45) is 4.89. The molecule has 3 aromatic rings. The quantitative estimate of drug-likeness (QED) is 0.732. The predicted molar refractivity (Wildman–Crippen MR) is 109 cm³/mol. The maximum absolute atomic E-state index is 12.8. The summed E-state index contributed by atoms with van der Waals surface area (Å²) in [6, 6.07) is 13.8. The molecule has 0 aliphatic carbocycles. The van der Waals surface area contributed by atoms with Crippen LogP contribution in [0.5, 0.6) is 0 Å². The first kappa shape index (κ1) is 18.7. The smallest absolute Gasteiger partial charge is 0.234 e. The van der Waals surface area contributed by atoms with Crippen molar-refractivity contribution in [2.45, 2.75) is 19.8 Å². The van der Waals surface area contributed by atoms with Crippen LogP contribution in [0.2, 0.25) is 0 Å². The van der Waals surface area contributed by atoms with E-state index in [1.54, 1.807) is 19.3 Å². The lowest BCUT2D eigenvalue weighted by Gasteiger charge is -2.31. The topological polar surface area (TPSA) is 95.0 Å². The van der Waals surface area contributed by atoms with Crippen LogP contribution in [0.25, 0.3) is 11.1 Å². The number of nitrogens with one attached hydrogen (secondary N) is 1. The molecule has 0 spiro atoms. The number of carbonyl (C=O) groups excluding carboxylic acids is 1. The average Bonchev–Trinajstić information content (AvgIpc) is 3.15. The van der Waals surface area contributed by atoms with Crippen molar-refractivity contribution in [3.8, 4) is 17.2 Å². The molecular weight excluding hydrogens is 366 g/mol. The highest BCUT2D eigenvalue weighted by atomic mass is 16.4. The minimum atomic E-state index is -0.0783. The van der Waals surface area contributed by atoms with Gasteiger partial charge in [0.1, 0.15) is 6.07 Å². The van der Waals surface area contributed by atoms with Gasteiger partial charge >= 0.3 is 0 Å². The van der Waals surface area contributed by atoms with Crippen LogP contribution in [0, 0.1) is 24.2 Å². The Bertz CT molecular complexity index is 1050. The summed E-state index contributed by atoms with van der Waals surface area (Å²) >= 11 is 0. The number of hydrogen-bond acceptors (Lipinski definition) is 6. The Morgan fingerprint density at radius 3 is 2.69 bits per heavy atom. The van der Waals surface area contributed by atoms with Gasteiger partial charge in [0, 0.05) is 44.0 Å². The number of nitrogens with zero attached hydrogens (tertiary/aromatic N) is 4. The van der Waals surface area contributed by atoms with E-state index in [0.29, 0.717) is 43.4 Å². The normalized spacial score (nSPS) is 14.4. The molecule has 0 bridgehead atoms. The Labute approximate surface area is 169 Å². The van der Waals surface area contributed by atoms with Gasteiger partial charge < -0.3 is 14.6 Å². The Kier molecular flexibility index (Phi) is 5.25. The van der Waals surface area contributed by atoms with Gasteiger partial charge in [0.05, 0.1) is 0 Å². The van der Waals surface area contributed by atoms with E-state index >= 15 is 0 Å². The van der Waals surface area contributed by atoms with Gasteiger partial charge in [0.2, 0.25) is 17.5 Å². The number of pyridine rings is 1. The summed E-state index contributed by atoms with van der Waals surface area (Å²) in [6.45, 7) is 3.03. The minimum absolute atomic E-state index is 0.0192. The van der Waals surface area contributed by atoms with Crippen LogP contribution in [0.1, 0.15) is 24.4 Å². The third-order valence-corrected chi connectivity index (χ3v) is 5.12. The summed E-state index contributed by atoms with van der Waals surface area (Å²) < 4.78 is 5.58. The molecule has 1 aromatic carbocycles. The van der Waals surface area contributed by atoms with Gasteiger partial charge in [-0.05, 0) is 48.2 Å². The van der Waals surface area contributed by atoms with Crippen LogP contribution in [-0.2, 0) is 4.79 Å². The van der Waals surface area contributed by atoms with Crippen LogP contribution < -0.4 is 10.2 Å². The second kappa shape index (κ2) is 8.15. The van der Waals surface area contributed by atoms with Crippen LogP contribution in [0.15, 0.2) is 53.2 Å². The molecule has 7 heteroatoms. The SMILES string of the molecule is Cc1nc(C#N)c(N2CCC(C(=O)Nc3cccc(-c4ccncc4)c3)CC2)o1. The molecule has 0 radical (unpaired) electrons. The van der Waals surface area contributed by atoms with E-state index in [-0.39, 0.29) is 11.8 Å². The highest BCUT2D eigenvalue weighted by Crippen LogP contribution is 2.28. The predicted octanol–water partition coefficient (Wildman–Crippen LogP) is 3.77. The lowest BCUT2D eigenvalue weighted by Crippen LogP contribution is -2.38. The van der Waals surface area contributed by atoms with Crippen LogP contribution >= 0.6 is 0 Å². The third kappa shape index (κ3) is 4.11. The van der Waals surface area contributed by atoms with Crippen LogP contribution in [-0.4, -0.2) is 29.0 Å². The molecule has 2 aromatic heterocycles. The molecule has 7 nitrogen and oxygen atoms in total. The molecule has 0 saturated carbocycles. The molecular formula is C22H21N5O2. The number of amides is 1. The second-order valence-electron chi connectivity index (χ2n) is 7.07. The van der Waals surface area contributed by atoms with E-state index in [1.807, 2.05) is 41.3 Å². The molecule has 3 heterocycles. The second-order valence-corrected chi connectivity index (χ2v) is 7.07. The van der Waals surface area contributed by atoms with Crippen molar-refractivity contribution in [2.75, 3.05) is 23.3 Å². The van der Waals surface area contributed by atoms with Gasteiger partial charge in [0.15, 0.2) is 5.89 Å². The van der Waals surface area contributed by atoms with Crippen LogP contribution in [0.4, 0.5) is 11.6 Å². The lowest BCUT2D eigenvalue weighted by atomic mass is 9.95. The first-order valence-electron chi connectivity index (χ1n) is 9.58. The van der Waals surface area contributed by atoms with Crippen molar-refractivity contribution < 1.29 is 9.21 Å². The Morgan fingerprint density at radius 2 is 1.97 bits per heavy atom. The molecule has 4 rings (SSSR count). The Morgan fingerprint density at radius 1 is 1.21 bits per heavy atom. The molecule has 0 atom stereocenters. The molecule has 1 aliphatic heterocycles. The highest BCUT2D eigenvalue weighted by molar-refractivity contribution is 5.93. The molecule has 29 heavy (non-hydrogen) atoms. The van der Waals surface area contributed by atoms with Gasteiger partial charge in [-0.3, -0.25) is 9.78 Å². The molecule has 146 valence electrons. The summed E-state index contributed by atoms with van der Waals surface area (Å²) in [7, 11) is 0. The Balaban J connectivity index is 1.39. The lowest BCUT2D eigenvalue weighted by molar-refractivity contribution is -0.120. The number of oxazole rings is 1. The van der Waals surface area contributed by atoms with E-state index in [0.717, 1.165) is 16.8 Å². The fourth-order valence-corrected chi connectivity index (χ4v) is 3.61. The van der Waals surface area contributed by atoms with Crippen molar-refractivity contribution >= 4 is 17.5 Å². The van der Waals surface area contributed by atoms with Crippen molar-refractivity contribution in [2.24, 2.45) is 5.92 Å². The number of aromatic nitrogens is 2. The van der Waals surface area contributed by atoms with Crippen molar-refractivity contribution in [1.29, 1.82) is 5.26 Å². The van der Waals surface area contributed by atoms with Crippen molar-refractivity contribution in [1.82, 2.24) is 9.97 Å². The van der Waals surface area contributed by atoms with Gasteiger partial charge in [-0.1, -0.05) is 12.1 Å². The van der Waals surface area contributed by atoms with E-state index in [2.05, 4.69) is 21.4 Å². The van der Waals surface area contributed by atoms with Crippen molar-refractivity contribution in [3.05, 3.63) is 60.4 Å². The van der Waals surface area contributed by atoms with Gasteiger partial charge in [0.25, 0.3) is 0 Å². The largest absolute Gasteiger partial charge is 0.424 e. The summed E-state index contributed by atoms with van der Waals surface area (Å²) in [4.78, 5) is 22.9.